The highest BCUT2D eigenvalue weighted by Gasteiger charge is 2.19. The van der Waals surface area contributed by atoms with Crippen LogP contribution in [0.25, 0.3) is 0 Å². The van der Waals surface area contributed by atoms with Crippen LogP contribution in [0.3, 0.4) is 0 Å². The van der Waals surface area contributed by atoms with E-state index in [9.17, 15) is 4.79 Å². The minimum absolute atomic E-state index is 0.273. The number of aromatic nitrogens is 1. The zero-order chi connectivity index (χ0) is 18.4. The van der Waals surface area contributed by atoms with E-state index in [0.717, 1.165) is 16.3 Å². The summed E-state index contributed by atoms with van der Waals surface area (Å²) in [4.78, 5) is 16.8. The summed E-state index contributed by atoms with van der Waals surface area (Å²) in [5.41, 5.74) is 1.72. The molecule has 1 N–H and O–H groups in total. The van der Waals surface area contributed by atoms with E-state index in [1.165, 1.54) is 0 Å². The van der Waals surface area contributed by atoms with Crippen molar-refractivity contribution in [3.63, 3.8) is 0 Å². The van der Waals surface area contributed by atoms with Gasteiger partial charge < -0.3 is 19.5 Å². The van der Waals surface area contributed by atoms with E-state index in [1.54, 1.807) is 51.4 Å². The highest BCUT2D eigenvalue weighted by Crippen LogP contribution is 2.42. The zero-order valence-electron chi connectivity index (χ0n) is 15.0. The predicted octanol–water partition coefficient (Wildman–Crippen LogP) is 3.78. The van der Waals surface area contributed by atoms with E-state index in [4.69, 9.17) is 14.2 Å². The molecule has 134 valence electrons. The molecule has 0 fully saturated rings. The molecule has 1 aromatic heterocycles. The second kappa shape index (κ2) is 8.62. The second-order valence-electron chi connectivity index (χ2n) is 5.09. The van der Waals surface area contributed by atoms with Gasteiger partial charge in [-0.05, 0) is 24.8 Å². The topological polar surface area (TPSA) is 69.7 Å². The summed E-state index contributed by atoms with van der Waals surface area (Å²) in [6.07, 6.45) is 1.56. The van der Waals surface area contributed by atoms with Crippen LogP contribution in [0, 0.1) is 6.92 Å². The lowest BCUT2D eigenvalue weighted by Crippen LogP contribution is -2.14. The molecule has 2 aromatic rings. The van der Waals surface area contributed by atoms with Crippen LogP contribution in [0.15, 0.2) is 29.4 Å². The molecule has 1 aromatic carbocycles. The van der Waals surface area contributed by atoms with E-state index in [2.05, 4.69) is 17.2 Å². The number of rotatable bonds is 7. The van der Waals surface area contributed by atoms with Crippen molar-refractivity contribution in [2.45, 2.75) is 18.9 Å². The number of nitrogens with one attached hydrogen (secondary N) is 1. The number of methoxy groups -OCH3 is 3. The molecule has 0 aliphatic rings. The largest absolute Gasteiger partial charge is 0.494 e. The average molecular weight is 362 g/mol. The average Bonchev–Trinajstić information content (AvgIpc) is 2.62. The van der Waals surface area contributed by atoms with Crippen LogP contribution < -0.4 is 19.5 Å². The lowest BCUT2D eigenvalue weighted by molar-refractivity contribution is 0.102. The van der Waals surface area contributed by atoms with Crippen LogP contribution in [0.5, 0.6) is 17.2 Å². The normalized spacial score (nSPS) is 10.3. The Bertz CT molecular complexity index is 748. The van der Waals surface area contributed by atoms with Crippen LogP contribution in [0.1, 0.15) is 22.8 Å². The third-order valence-electron chi connectivity index (χ3n) is 3.59. The van der Waals surface area contributed by atoms with Gasteiger partial charge in [-0.1, -0.05) is 6.92 Å². The minimum Gasteiger partial charge on any atom is -0.494 e. The molecular formula is C18H22N2O4S. The Morgan fingerprint density at radius 1 is 1.16 bits per heavy atom. The summed E-state index contributed by atoms with van der Waals surface area (Å²) in [7, 11) is 4.65. The SMILES string of the molecule is CCSc1ccc(C(=O)Nc2cc(OC)c(OC)c(C)c2OC)cn1. The molecule has 1 heterocycles. The van der Waals surface area contributed by atoms with Crippen LogP contribution in [0.2, 0.25) is 0 Å². The summed E-state index contributed by atoms with van der Waals surface area (Å²) >= 11 is 1.62. The molecule has 1 amide bonds. The van der Waals surface area contributed by atoms with Gasteiger partial charge in [0.15, 0.2) is 11.5 Å². The molecule has 25 heavy (non-hydrogen) atoms. The molecule has 0 unspecified atom stereocenters. The molecule has 7 heteroatoms. The number of thioether (sulfide) groups is 1. The van der Waals surface area contributed by atoms with Gasteiger partial charge >= 0.3 is 0 Å². The number of nitrogens with zero attached hydrogens (tertiary/aromatic N) is 1. The number of benzene rings is 1. The monoisotopic (exact) mass is 362 g/mol. The molecule has 0 atom stereocenters. The standard InChI is InChI=1S/C18H22N2O4S/c1-6-25-15-8-7-12(10-19-15)18(21)20-13-9-14(22-3)17(24-5)11(2)16(13)23-4/h7-10H,6H2,1-5H3,(H,20,21). The fourth-order valence-electron chi connectivity index (χ4n) is 2.46. The van der Waals surface area contributed by atoms with Crippen LogP contribution >= 0.6 is 11.8 Å². The van der Waals surface area contributed by atoms with Gasteiger partial charge in [0, 0.05) is 17.8 Å². The summed E-state index contributed by atoms with van der Waals surface area (Å²) in [6.45, 7) is 3.90. The van der Waals surface area contributed by atoms with Gasteiger partial charge in [-0.2, -0.15) is 0 Å². The molecule has 0 aliphatic carbocycles. The van der Waals surface area contributed by atoms with Crippen molar-refractivity contribution in [1.82, 2.24) is 4.98 Å². The fourth-order valence-corrected chi connectivity index (χ4v) is 3.04. The van der Waals surface area contributed by atoms with E-state index < -0.39 is 0 Å². The van der Waals surface area contributed by atoms with Gasteiger partial charge in [-0.3, -0.25) is 4.79 Å². The van der Waals surface area contributed by atoms with Crippen molar-refractivity contribution in [1.29, 1.82) is 0 Å². The second-order valence-corrected chi connectivity index (χ2v) is 6.37. The van der Waals surface area contributed by atoms with Gasteiger partial charge in [0.1, 0.15) is 5.75 Å². The molecular weight excluding hydrogens is 340 g/mol. The summed E-state index contributed by atoms with van der Waals surface area (Å²) in [5.74, 6) is 2.27. The summed E-state index contributed by atoms with van der Waals surface area (Å²) in [6, 6.07) is 5.26. The lowest BCUT2D eigenvalue weighted by Gasteiger charge is -2.18. The van der Waals surface area contributed by atoms with E-state index >= 15 is 0 Å². The number of ether oxygens (including phenoxy) is 3. The lowest BCUT2D eigenvalue weighted by atomic mass is 10.1. The van der Waals surface area contributed by atoms with E-state index in [0.29, 0.717) is 28.5 Å². The Morgan fingerprint density at radius 2 is 1.88 bits per heavy atom. The molecule has 0 bridgehead atoms. The molecule has 0 radical (unpaired) electrons. The number of carbonyl (C=O) groups is 1. The first-order valence-corrected chi connectivity index (χ1v) is 8.74. The maximum absolute atomic E-state index is 12.5. The first kappa shape index (κ1) is 18.9. The van der Waals surface area contributed by atoms with Gasteiger partial charge in [-0.25, -0.2) is 4.98 Å². The van der Waals surface area contributed by atoms with Gasteiger partial charge in [0.05, 0.1) is 37.6 Å². The molecule has 0 saturated heterocycles. The van der Waals surface area contributed by atoms with Gasteiger partial charge in [0.2, 0.25) is 0 Å². The van der Waals surface area contributed by atoms with Crippen molar-refractivity contribution in [2.24, 2.45) is 0 Å². The number of pyridine rings is 1. The Balaban J connectivity index is 2.32. The third kappa shape index (κ3) is 4.17. The van der Waals surface area contributed by atoms with Crippen molar-refractivity contribution in [3.8, 4) is 17.2 Å². The van der Waals surface area contributed by atoms with Crippen LogP contribution in [-0.4, -0.2) is 38.0 Å². The number of amides is 1. The number of anilines is 1. The molecule has 0 saturated carbocycles. The fraction of sp³-hybridized carbons (Fsp3) is 0.333. The highest BCUT2D eigenvalue weighted by atomic mass is 32.2. The summed E-state index contributed by atoms with van der Waals surface area (Å²) < 4.78 is 16.1. The van der Waals surface area contributed by atoms with Crippen LogP contribution in [-0.2, 0) is 0 Å². The molecule has 0 aliphatic heterocycles. The Labute approximate surface area is 151 Å². The maximum atomic E-state index is 12.5. The Hall–Kier alpha value is -2.41. The molecule has 0 spiro atoms. The van der Waals surface area contributed by atoms with Crippen molar-refractivity contribution < 1.29 is 19.0 Å². The van der Waals surface area contributed by atoms with Crippen molar-refractivity contribution >= 4 is 23.4 Å². The van der Waals surface area contributed by atoms with Gasteiger partial charge in [-0.15, -0.1) is 11.8 Å². The summed E-state index contributed by atoms with van der Waals surface area (Å²) in [5, 5.41) is 3.74. The first-order chi connectivity index (χ1) is 12.0. The molecule has 6 nitrogen and oxygen atoms in total. The van der Waals surface area contributed by atoms with E-state index in [1.807, 2.05) is 13.0 Å². The highest BCUT2D eigenvalue weighted by molar-refractivity contribution is 7.99. The predicted molar refractivity (Wildman–Crippen MR) is 99.4 cm³/mol. The quantitative estimate of drug-likeness (QED) is 0.756. The first-order valence-electron chi connectivity index (χ1n) is 7.75. The van der Waals surface area contributed by atoms with E-state index in [-0.39, 0.29) is 5.91 Å². The van der Waals surface area contributed by atoms with Crippen molar-refractivity contribution in [3.05, 3.63) is 35.5 Å². The number of carbonyl (C=O) groups excluding carboxylic acids is 1. The Kier molecular flexibility index (Phi) is 6.52. The minimum atomic E-state index is -0.273. The Morgan fingerprint density at radius 3 is 2.40 bits per heavy atom. The van der Waals surface area contributed by atoms with Gasteiger partial charge in [0.25, 0.3) is 5.91 Å². The van der Waals surface area contributed by atoms with Crippen molar-refractivity contribution in [2.75, 3.05) is 32.4 Å². The zero-order valence-corrected chi connectivity index (χ0v) is 15.8. The number of hydrogen-bond donors (Lipinski definition) is 1. The smallest absolute Gasteiger partial charge is 0.257 e. The maximum Gasteiger partial charge on any atom is 0.257 e. The third-order valence-corrected chi connectivity index (χ3v) is 4.42. The van der Waals surface area contributed by atoms with Crippen LogP contribution in [0.4, 0.5) is 5.69 Å². The number of hydrogen-bond acceptors (Lipinski definition) is 6. The molecule has 2 rings (SSSR count).